The van der Waals surface area contributed by atoms with Gasteiger partial charge in [0.15, 0.2) is 0 Å². The predicted molar refractivity (Wildman–Crippen MR) is 146 cm³/mol. The van der Waals surface area contributed by atoms with E-state index in [1.807, 2.05) is 22.2 Å². The molecule has 0 bridgehead atoms. The van der Waals surface area contributed by atoms with Gasteiger partial charge in [0.1, 0.15) is 0 Å². The summed E-state index contributed by atoms with van der Waals surface area (Å²) >= 11 is 1.82. The predicted octanol–water partition coefficient (Wildman–Crippen LogP) is 3.12. The molecule has 0 saturated heterocycles. The van der Waals surface area contributed by atoms with Crippen LogP contribution in [0.4, 0.5) is 0 Å². The molecule has 0 radical (unpaired) electrons. The number of esters is 3. The quantitative estimate of drug-likeness (QED) is 0.188. The molecule has 0 atom stereocenters. The van der Waals surface area contributed by atoms with Crippen LogP contribution in [0.25, 0.3) is 0 Å². The van der Waals surface area contributed by atoms with Crippen LogP contribution in [0.3, 0.4) is 0 Å². The summed E-state index contributed by atoms with van der Waals surface area (Å²) < 4.78 is 23.7. The van der Waals surface area contributed by atoms with E-state index in [-0.39, 0.29) is 0 Å². The van der Waals surface area contributed by atoms with Gasteiger partial charge in [-0.3, -0.25) is 24.1 Å². The Balaban J connectivity index is 0.00000122. The van der Waals surface area contributed by atoms with Crippen molar-refractivity contribution in [1.82, 2.24) is 19.9 Å². The number of pyridine rings is 3. The van der Waals surface area contributed by atoms with Crippen molar-refractivity contribution in [3.8, 4) is 0 Å². The number of halogens is 1. The van der Waals surface area contributed by atoms with E-state index in [4.69, 9.17) is 14.2 Å². The van der Waals surface area contributed by atoms with E-state index in [1.165, 1.54) is 39.9 Å². The number of methoxy groups -OCH3 is 3. The van der Waals surface area contributed by atoms with Crippen molar-refractivity contribution in [1.29, 1.82) is 0 Å². The van der Waals surface area contributed by atoms with Crippen molar-refractivity contribution in [2.45, 2.75) is 19.6 Å². The summed E-state index contributed by atoms with van der Waals surface area (Å²) in [6, 6.07) is 10.2. The van der Waals surface area contributed by atoms with E-state index >= 15 is 0 Å². The van der Waals surface area contributed by atoms with Gasteiger partial charge in [0, 0.05) is 61.5 Å². The van der Waals surface area contributed by atoms with E-state index in [1.54, 1.807) is 48.9 Å². The van der Waals surface area contributed by atoms with Crippen molar-refractivity contribution in [2.75, 3.05) is 33.8 Å². The molecule has 40 heavy (non-hydrogen) atoms. The second kappa shape index (κ2) is 19.0. The maximum atomic E-state index is 11.7. The van der Waals surface area contributed by atoms with E-state index in [2.05, 4.69) is 24.6 Å². The minimum absolute atomic E-state index is 0.359. The monoisotopic (exact) mass is 679 g/mol. The number of hydrogen-bond donors (Lipinski definition) is 0. The number of hydrogen-bond acceptors (Lipinski definition) is 11. The van der Waals surface area contributed by atoms with Crippen LogP contribution in [0.2, 0.25) is 0 Å². The number of ether oxygens (including phenoxy) is 3. The molecule has 0 aliphatic rings. The first-order chi connectivity index (χ1) is 19.2. The van der Waals surface area contributed by atoms with E-state index < -0.39 is 28.7 Å². The van der Waals surface area contributed by atoms with Gasteiger partial charge in [-0.25, -0.2) is 14.4 Å². The molecule has 11 nitrogen and oxygen atoms in total. The summed E-state index contributed by atoms with van der Waals surface area (Å²) in [4.78, 5) is 50.1. The molecule has 0 amide bonds. The summed E-state index contributed by atoms with van der Waals surface area (Å²) in [7, 11) is 7.90. The summed E-state index contributed by atoms with van der Waals surface area (Å²) in [5.41, 5.74) is 3.26. The molecular weight excluding hydrogens is 649 g/mol. The Morgan fingerprint density at radius 3 is 1.10 bits per heavy atom. The maximum absolute atomic E-state index is 11.7. The molecule has 0 aliphatic heterocycles. The van der Waals surface area contributed by atoms with Crippen LogP contribution in [-0.2, 0) is 62.0 Å². The SMILES string of the molecule is COC(=O)c1ccc(CN(Cc2ccc(C(=O)OC)cn2)Cc2ccc(C(=O)OC)cn2)nc1.CS(C)=O.[Cl][Ru]. The third-order valence-electron chi connectivity index (χ3n) is 4.89. The molecule has 0 saturated carbocycles. The fraction of sp³-hybridized carbons (Fsp3) is 0.308. The summed E-state index contributed by atoms with van der Waals surface area (Å²) in [6.45, 7) is 1.30. The second-order valence-corrected chi connectivity index (χ2v) is 9.46. The van der Waals surface area contributed by atoms with Crippen LogP contribution in [0.15, 0.2) is 55.0 Å². The van der Waals surface area contributed by atoms with Crippen molar-refractivity contribution in [2.24, 2.45) is 0 Å². The van der Waals surface area contributed by atoms with Crippen LogP contribution in [-0.4, -0.2) is 75.8 Å². The molecule has 3 aromatic heterocycles. The first-order valence-corrected chi connectivity index (χ1v) is 15.6. The zero-order valence-corrected chi connectivity index (χ0v) is 25.9. The average Bonchev–Trinajstić information content (AvgIpc) is 2.97. The Hall–Kier alpha value is -3.12. The Morgan fingerprint density at radius 2 is 0.925 bits per heavy atom. The van der Waals surface area contributed by atoms with Crippen LogP contribution < -0.4 is 0 Å². The van der Waals surface area contributed by atoms with Gasteiger partial charge in [0.05, 0.1) is 55.1 Å². The van der Waals surface area contributed by atoms with Crippen molar-refractivity contribution >= 4 is 38.4 Å². The number of aromatic nitrogens is 3. The van der Waals surface area contributed by atoms with Gasteiger partial charge in [0.25, 0.3) is 0 Å². The first-order valence-electron chi connectivity index (χ1n) is 11.4. The number of carbonyl (C=O) groups excluding carboxylic acids is 3. The Labute approximate surface area is 249 Å². The van der Waals surface area contributed by atoms with Gasteiger partial charge in [-0.15, -0.1) is 0 Å². The number of nitrogens with zero attached hydrogens (tertiary/aromatic N) is 4. The molecule has 0 aromatic carbocycles. The zero-order valence-electron chi connectivity index (χ0n) is 22.6. The normalized spacial score (nSPS) is 10.0. The summed E-state index contributed by atoms with van der Waals surface area (Å²) in [5, 5.41) is 0. The average molecular weight is 679 g/mol. The van der Waals surface area contributed by atoms with Crippen molar-refractivity contribution < 1.29 is 50.1 Å². The van der Waals surface area contributed by atoms with Gasteiger partial charge in [0.2, 0.25) is 0 Å². The fourth-order valence-corrected chi connectivity index (χ4v) is 3.12. The van der Waals surface area contributed by atoms with Crippen LogP contribution in [0.1, 0.15) is 48.2 Å². The Bertz CT molecular complexity index is 1100. The van der Waals surface area contributed by atoms with E-state index in [0.29, 0.717) is 36.3 Å². The zero-order chi connectivity index (χ0) is 30.1. The van der Waals surface area contributed by atoms with Gasteiger partial charge < -0.3 is 14.2 Å². The minimum atomic E-state index is -0.611. The summed E-state index contributed by atoms with van der Waals surface area (Å²) in [6.07, 6.45) is 7.67. The molecule has 0 aliphatic carbocycles. The molecule has 3 aromatic rings. The second-order valence-electron chi connectivity index (χ2n) is 7.98. The van der Waals surface area contributed by atoms with Crippen molar-refractivity contribution in [3.05, 3.63) is 88.8 Å². The third kappa shape index (κ3) is 12.4. The molecule has 0 spiro atoms. The van der Waals surface area contributed by atoms with E-state index in [9.17, 15) is 18.6 Å². The summed E-state index contributed by atoms with van der Waals surface area (Å²) in [5.74, 6) is -1.37. The van der Waals surface area contributed by atoms with Gasteiger partial charge in [-0.2, -0.15) is 0 Å². The Kier molecular flexibility index (Phi) is 16.6. The molecule has 217 valence electrons. The molecule has 14 heteroatoms. The number of rotatable bonds is 9. The molecule has 0 N–H and O–H groups in total. The molecule has 3 rings (SSSR count). The fourth-order valence-electron chi connectivity index (χ4n) is 3.12. The van der Waals surface area contributed by atoms with Crippen LogP contribution >= 0.6 is 9.69 Å². The third-order valence-corrected chi connectivity index (χ3v) is 4.89. The standard InChI is InChI=1S/C24H24N4O6.C2H6OS.ClH.Ru/c1-32-22(29)16-4-7-19(25-10-16)13-28(14-20-8-5-17(11-26-20)23(30)33-2)15-21-9-6-18(12-27-21)24(31)34-3;1-4(2)3;;/h4-12H,13-15H2,1-3H3;1-2H3;1H;/q;;;+1/p-1. The topological polar surface area (TPSA) is 138 Å². The first kappa shape index (κ1) is 34.9. The molecule has 0 unspecified atom stereocenters. The molecule has 0 fully saturated rings. The van der Waals surface area contributed by atoms with E-state index in [0.717, 1.165) is 17.1 Å². The molecular formula is C26H30ClN4O7RuS. The van der Waals surface area contributed by atoms with Crippen LogP contribution in [0, 0.1) is 0 Å². The van der Waals surface area contributed by atoms with Crippen molar-refractivity contribution in [3.63, 3.8) is 0 Å². The van der Waals surface area contributed by atoms with Gasteiger partial charge in [-0.05, 0) is 36.4 Å². The number of carbonyl (C=O) groups is 3. The Morgan fingerprint density at radius 1 is 0.675 bits per heavy atom. The van der Waals surface area contributed by atoms with Gasteiger partial charge >= 0.3 is 44.9 Å². The molecule has 3 heterocycles. The van der Waals surface area contributed by atoms with Gasteiger partial charge in [-0.1, -0.05) is 0 Å². The van der Waals surface area contributed by atoms with Crippen LogP contribution in [0.5, 0.6) is 0 Å².